The number of hydrogen-bond acceptors (Lipinski definition) is 3. The van der Waals surface area contributed by atoms with Gasteiger partial charge in [0.15, 0.2) is 0 Å². The number of aryl methyl sites for hydroxylation is 2. The van der Waals surface area contributed by atoms with Crippen LogP contribution in [-0.2, 0) is 11.2 Å². The van der Waals surface area contributed by atoms with E-state index in [0.717, 1.165) is 44.0 Å². The molecule has 0 radical (unpaired) electrons. The van der Waals surface area contributed by atoms with Crippen LogP contribution in [0.15, 0.2) is 48.5 Å². The fourth-order valence-corrected chi connectivity index (χ4v) is 3.47. The number of benzene rings is 2. The number of rotatable bonds is 6. The Balaban J connectivity index is 1.52. The second-order valence-electron chi connectivity index (χ2n) is 6.76. The van der Waals surface area contributed by atoms with Crippen molar-refractivity contribution in [3.63, 3.8) is 0 Å². The van der Waals surface area contributed by atoms with E-state index < -0.39 is 0 Å². The number of hydrogen-bond donors (Lipinski definition) is 0. The zero-order valence-corrected chi connectivity index (χ0v) is 15.8. The molecule has 3 rings (SSSR count). The number of piperazine rings is 1. The minimum Gasteiger partial charge on any atom is -0.492 e. The van der Waals surface area contributed by atoms with E-state index in [0.29, 0.717) is 13.0 Å². The Labute approximate surface area is 156 Å². The molecule has 1 heterocycles. The van der Waals surface area contributed by atoms with Crippen molar-refractivity contribution in [3.8, 4) is 5.75 Å². The molecule has 1 fully saturated rings. The van der Waals surface area contributed by atoms with Gasteiger partial charge in [0.1, 0.15) is 5.75 Å². The molecule has 0 atom stereocenters. The van der Waals surface area contributed by atoms with Gasteiger partial charge in [-0.3, -0.25) is 4.79 Å². The van der Waals surface area contributed by atoms with Crippen LogP contribution in [0.4, 0.5) is 5.69 Å². The summed E-state index contributed by atoms with van der Waals surface area (Å²) in [7, 11) is 0. The van der Waals surface area contributed by atoms with E-state index in [-0.39, 0.29) is 5.91 Å². The molecule has 0 spiro atoms. The number of carbonyl (C=O) groups excluding carboxylic acids is 1. The van der Waals surface area contributed by atoms with Crippen LogP contribution in [0.5, 0.6) is 5.75 Å². The third-order valence-corrected chi connectivity index (χ3v) is 4.85. The largest absolute Gasteiger partial charge is 0.492 e. The quantitative estimate of drug-likeness (QED) is 0.795. The van der Waals surface area contributed by atoms with Gasteiger partial charge in [0.25, 0.3) is 0 Å². The summed E-state index contributed by atoms with van der Waals surface area (Å²) in [4.78, 5) is 16.9. The average molecular weight is 352 g/mol. The minimum atomic E-state index is 0.254. The Bertz CT molecular complexity index is 736. The lowest BCUT2D eigenvalue weighted by molar-refractivity contribution is -0.131. The van der Waals surface area contributed by atoms with Gasteiger partial charge in [-0.15, -0.1) is 0 Å². The topological polar surface area (TPSA) is 32.8 Å². The maximum Gasteiger partial charge on any atom is 0.223 e. The van der Waals surface area contributed by atoms with Crippen LogP contribution in [0.2, 0.25) is 0 Å². The van der Waals surface area contributed by atoms with Crippen molar-refractivity contribution in [2.24, 2.45) is 0 Å². The number of nitrogens with zero attached hydrogens (tertiary/aromatic N) is 2. The first-order valence-electron chi connectivity index (χ1n) is 9.47. The lowest BCUT2D eigenvalue weighted by atomic mass is 10.1. The maximum atomic E-state index is 12.6. The Hall–Kier alpha value is -2.49. The summed E-state index contributed by atoms with van der Waals surface area (Å²) < 4.78 is 5.74. The van der Waals surface area contributed by atoms with Crippen molar-refractivity contribution in [2.75, 3.05) is 37.7 Å². The fraction of sp³-hybridized carbons (Fsp3) is 0.409. The van der Waals surface area contributed by atoms with Gasteiger partial charge in [0.05, 0.1) is 12.3 Å². The third kappa shape index (κ3) is 4.57. The van der Waals surface area contributed by atoms with Crippen LogP contribution in [0, 0.1) is 6.92 Å². The molecule has 0 bridgehead atoms. The summed E-state index contributed by atoms with van der Waals surface area (Å²) in [5.74, 6) is 1.18. The first-order chi connectivity index (χ1) is 12.7. The van der Waals surface area contributed by atoms with Gasteiger partial charge in [0.2, 0.25) is 5.91 Å². The zero-order valence-electron chi connectivity index (χ0n) is 15.8. The lowest BCUT2D eigenvalue weighted by Crippen LogP contribution is -2.49. The molecule has 2 aromatic rings. The summed E-state index contributed by atoms with van der Waals surface area (Å²) in [6, 6.07) is 16.6. The number of anilines is 1. The monoisotopic (exact) mass is 352 g/mol. The smallest absolute Gasteiger partial charge is 0.223 e. The summed E-state index contributed by atoms with van der Waals surface area (Å²) in [5, 5.41) is 0. The first-order valence-corrected chi connectivity index (χ1v) is 9.47. The molecule has 0 aliphatic carbocycles. The van der Waals surface area contributed by atoms with Gasteiger partial charge in [0, 0.05) is 32.6 Å². The van der Waals surface area contributed by atoms with Gasteiger partial charge in [-0.25, -0.2) is 0 Å². The van der Waals surface area contributed by atoms with Crippen molar-refractivity contribution in [3.05, 3.63) is 59.7 Å². The molecule has 1 aliphatic heterocycles. The Morgan fingerprint density at radius 1 is 1.04 bits per heavy atom. The SMILES string of the molecule is CCOc1ccccc1N1CCN(C(=O)CCc2cccc(C)c2)CC1. The fourth-order valence-electron chi connectivity index (χ4n) is 3.47. The van der Waals surface area contributed by atoms with Crippen molar-refractivity contribution in [1.82, 2.24) is 4.90 Å². The van der Waals surface area contributed by atoms with Crippen molar-refractivity contribution < 1.29 is 9.53 Å². The highest BCUT2D eigenvalue weighted by atomic mass is 16.5. The molecular formula is C22H28N2O2. The predicted octanol–water partition coefficient (Wildman–Crippen LogP) is 3.68. The van der Waals surface area contributed by atoms with Crippen LogP contribution in [-0.4, -0.2) is 43.6 Å². The highest BCUT2D eigenvalue weighted by Gasteiger charge is 2.22. The Kier molecular flexibility index (Phi) is 6.16. The van der Waals surface area contributed by atoms with E-state index in [1.165, 1.54) is 11.1 Å². The van der Waals surface area contributed by atoms with Gasteiger partial charge >= 0.3 is 0 Å². The maximum absolute atomic E-state index is 12.6. The molecule has 26 heavy (non-hydrogen) atoms. The van der Waals surface area contributed by atoms with E-state index in [1.807, 2.05) is 30.0 Å². The number of carbonyl (C=O) groups is 1. The van der Waals surface area contributed by atoms with Crippen LogP contribution in [0.25, 0.3) is 0 Å². The van der Waals surface area contributed by atoms with E-state index in [2.05, 4.69) is 42.2 Å². The molecular weight excluding hydrogens is 324 g/mol. The van der Waals surface area contributed by atoms with E-state index in [4.69, 9.17) is 4.74 Å². The van der Waals surface area contributed by atoms with Crippen molar-refractivity contribution in [2.45, 2.75) is 26.7 Å². The molecule has 1 amide bonds. The molecule has 4 heteroatoms. The first kappa shape index (κ1) is 18.3. The van der Waals surface area contributed by atoms with Crippen molar-refractivity contribution >= 4 is 11.6 Å². The molecule has 1 saturated heterocycles. The molecule has 138 valence electrons. The van der Waals surface area contributed by atoms with Crippen LogP contribution >= 0.6 is 0 Å². The molecule has 2 aromatic carbocycles. The highest BCUT2D eigenvalue weighted by Crippen LogP contribution is 2.28. The minimum absolute atomic E-state index is 0.254. The van der Waals surface area contributed by atoms with E-state index >= 15 is 0 Å². The second kappa shape index (κ2) is 8.75. The van der Waals surface area contributed by atoms with Crippen LogP contribution < -0.4 is 9.64 Å². The Morgan fingerprint density at radius 3 is 2.54 bits per heavy atom. The van der Waals surface area contributed by atoms with Gasteiger partial charge in [-0.1, -0.05) is 42.0 Å². The highest BCUT2D eigenvalue weighted by molar-refractivity contribution is 5.77. The zero-order chi connectivity index (χ0) is 18.4. The third-order valence-electron chi connectivity index (χ3n) is 4.85. The number of ether oxygens (including phenoxy) is 1. The number of amides is 1. The molecule has 0 aromatic heterocycles. The van der Waals surface area contributed by atoms with Gasteiger partial charge in [-0.05, 0) is 38.0 Å². The molecule has 4 nitrogen and oxygen atoms in total. The number of para-hydroxylation sites is 2. The summed E-state index contributed by atoms with van der Waals surface area (Å²) in [6.45, 7) is 7.99. The lowest BCUT2D eigenvalue weighted by Gasteiger charge is -2.36. The van der Waals surface area contributed by atoms with Crippen LogP contribution in [0.1, 0.15) is 24.5 Å². The average Bonchev–Trinajstić information content (AvgIpc) is 2.67. The van der Waals surface area contributed by atoms with E-state index in [1.54, 1.807) is 0 Å². The molecule has 0 saturated carbocycles. The van der Waals surface area contributed by atoms with Gasteiger partial charge < -0.3 is 14.5 Å². The Morgan fingerprint density at radius 2 is 1.81 bits per heavy atom. The van der Waals surface area contributed by atoms with Crippen molar-refractivity contribution in [1.29, 1.82) is 0 Å². The summed E-state index contributed by atoms with van der Waals surface area (Å²) in [6.07, 6.45) is 1.40. The molecule has 1 aliphatic rings. The summed E-state index contributed by atoms with van der Waals surface area (Å²) in [5.41, 5.74) is 3.61. The normalized spacial score (nSPS) is 14.4. The van der Waals surface area contributed by atoms with E-state index in [9.17, 15) is 4.79 Å². The van der Waals surface area contributed by atoms with Crippen LogP contribution in [0.3, 0.4) is 0 Å². The summed E-state index contributed by atoms with van der Waals surface area (Å²) >= 11 is 0. The molecule has 0 N–H and O–H groups in total. The van der Waals surface area contributed by atoms with Gasteiger partial charge in [-0.2, -0.15) is 0 Å². The molecule has 0 unspecified atom stereocenters. The standard InChI is InChI=1S/C22H28N2O2/c1-3-26-21-10-5-4-9-20(21)23-13-15-24(16-14-23)22(25)12-11-19-8-6-7-18(2)17-19/h4-10,17H,3,11-16H2,1-2H3. The second-order valence-corrected chi connectivity index (χ2v) is 6.76. The predicted molar refractivity (Wildman–Crippen MR) is 106 cm³/mol.